The van der Waals surface area contributed by atoms with Crippen molar-refractivity contribution in [2.24, 2.45) is 5.92 Å². The van der Waals surface area contributed by atoms with Crippen LogP contribution in [0.2, 0.25) is 0 Å². The number of anilines is 1. The van der Waals surface area contributed by atoms with Gasteiger partial charge in [-0.1, -0.05) is 0 Å². The van der Waals surface area contributed by atoms with Gasteiger partial charge in [-0.25, -0.2) is 13.4 Å². The summed E-state index contributed by atoms with van der Waals surface area (Å²) in [6.45, 7) is 3.09. The van der Waals surface area contributed by atoms with Gasteiger partial charge in [0.2, 0.25) is 10.0 Å². The van der Waals surface area contributed by atoms with E-state index in [1.165, 1.54) is 10.5 Å². The lowest BCUT2D eigenvalue weighted by Gasteiger charge is -2.32. The van der Waals surface area contributed by atoms with E-state index in [1.54, 1.807) is 12.1 Å². The number of rotatable bonds is 4. The molecule has 7 heteroatoms. The number of sulfonamides is 1. The Bertz CT molecular complexity index is 597. The third kappa shape index (κ3) is 3.11. The largest absolute Gasteiger partial charge is 0.396 e. The van der Waals surface area contributed by atoms with Crippen LogP contribution in [-0.4, -0.2) is 55.6 Å². The first-order chi connectivity index (χ1) is 10.6. The summed E-state index contributed by atoms with van der Waals surface area (Å²) in [5.41, 5.74) is 0. The molecule has 22 heavy (non-hydrogen) atoms. The van der Waals surface area contributed by atoms with Gasteiger partial charge in [0.1, 0.15) is 10.7 Å². The number of aliphatic hydroxyl groups excluding tert-OH is 1. The number of hydrogen-bond donors (Lipinski definition) is 1. The van der Waals surface area contributed by atoms with Gasteiger partial charge in [0.15, 0.2) is 0 Å². The maximum absolute atomic E-state index is 12.5. The molecule has 1 aromatic heterocycles. The smallest absolute Gasteiger partial charge is 0.244 e. The summed E-state index contributed by atoms with van der Waals surface area (Å²) in [4.78, 5) is 6.74. The molecule has 2 aliphatic rings. The summed E-state index contributed by atoms with van der Waals surface area (Å²) < 4.78 is 26.5. The van der Waals surface area contributed by atoms with Crippen molar-refractivity contribution in [1.29, 1.82) is 0 Å². The van der Waals surface area contributed by atoms with E-state index in [1.807, 2.05) is 0 Å². The van der Waals surface area contributed by atoms with Crippen LogP contribution in [0.4, 0.5) is 5.82 Å². The van der Waals surface area contributed by atoms with Crippen molar-refractivity contribution in [3.63, 3.8) is 0 Å². The molecule has 2 saturated heterocycles. The maximum Gasteiger partial charge on any atom is 0.244 e. The molecule has 1 aromatic rings. The highest BCUT2D eigenvalue weighted by Crippen LogP contribution is 2.24. The first kappa shape index (κ1) is 15.7. The first-order valence-electron chi connectivity index (χ1n) is 7.93. The topological polar surface area (TPSA) is 73.7 Å². The van der Waals surface area contributed by atoms with Crippen molar-refractivity contribution in [3.05, 3.63) is 18.3 Å². The lowest BCUT2D eigenvalue weighted by atomic mass is 9.99. The van der Waals surface area contributed by atoms with Crippen molar-refractivity contribution in [1.82, 2.24) is 9.29 Å². The second kappa shape index (κ2) is 6.52. The third-order valence-corrected chi connectivity index (χ3v) is 6.41. The molecule has 122 valence electrons. The van der Waals surface area contributed by atoms with Crippen LogP contribution in [0, 0.1) is 5.92 Å². The van der Waals surface area contributed by atoms with E-state index >= 15 is 0 Å². The van der Waals surface area contributed by atoms with E-state index in [0.29, 0.717) is 13.1 Å². The summed E-state index contributed by atoms with van der Waals surface area (Å²) in [5, 5.41) is 9.30. The Morgan fingerprint density at radius 2 is 1.95 bits per heavy atom. The fourth-order valence-electron chi connectivity index (χ4n) is 3.21. The zero-order valence-corrected chi connectivity index (χ0v) is 13.5. The lowest BCUT2D eigenvalue weighted by molar-refractivity contribution is 0.208. The molecule has 0 spiro atoms. The van der Waals surface area contributed by atoms with Gasteiger partial charge in [-0.3, -0.25) is 0 Å². The van der Waals surface area contributed by atoms with Crippen molar-refractivity contribution >= 4 is 15.8 Å². The second-order valence-electron chi connectivity index (χ2n) is 6.10. The van der Waals surface area contributed by atoms with E-state index in [-0.39, 0.29) is 17.4 Å². The molecule has 0 aliphatic carbocycles. The minimum Gasteiger partial charge on any atom is -0.396 e. The average Bonchev–Trinajstić information content (AvgIpc) is 3.10. The maximum atomic E-state index is 12.5. The number of nitrogens with zero attached hydrogens (tertiary/aromatic N) is 3. The Labute approximate surface area is 131 Å². The predicted octanol–water partition coefficient (Wildman–Crippen LogP) is 1.07. The highest BCUT2D eigenvalue weighted by molar-refractivity contribution is 7.89. The van der Waals surface area contributed by atoms with Crippen LogP contribution in [0.5, 0.6) is 0 Å². The summed E-state index contributed by atoms with van der Waals surface area (Å²) >= 11 is 0. The van der Waals surface area contributed by atoms with Crippen LogP contribution in [0.1, 0.15) is 25.7 Å². The number of aromatic nitrogens is 1. The predicted molar refractivity (Wildman–Crippen MR) is 84.3 cm³/mol. The van der Waals surface area contributed by atoms with Gasteiger partial charge in [-0.05, 0) is 43.7 Å². The summed E-state index contributed by atoms with van der Waals surface area (Å²) in [6.07, 6.45) is 5.39. The average molecular weight is 325 g/mol. The van der Waals surface area contributed by atoms with Gasteiger partial charge < -0.3 is 10.0 Å². The van der Waals surface area contributed by atoms with Gasteiger partial charge in [0.05, 0.1) is 0 Å². The summed E-state index contributed by atoms with van der Waals surface area (Å²) in [7, 11) is -3.39. The van der Waals surface area contributed by atoms with Gasteiger partial charge >= 0.3 is 0 Å². The van der Waals surface area contributed by atoms with Crippen LogP contribution in [0.3, 0.4) is 0 Å². The molecule has 2 fully saturated rings. The highest BCUT2D eigenvalue weighted by atomic mass is 32.2. The molecule has 0 aromatic carbocycles. The summed E-state index contributed by atoms with van der Waals surface area (Å²) in [6, 6.07) is 3.43. The van der Waals surface area contributed by atoms with Crippen molar-refractivity contribution in [2.75, 3.05) is 37.7 Å². The number of hydrogen-bond acceptors (Lipinski definition) is 5. The van der Waals surface area contributed by atoms with Crippen LogP contribution >= 0.6 is 0 Å². The Morgan fingerprint density at radius 1 is 1.18 bits per heavy atom. The quantitative estimate of drug-likeness (QED) is 0.896. The fraction of sp³-hybridized carbons (Fsp3) is 0.667. The van der Waals surface area contributed by atoms with E-state index in [9.17, 15) is 13.5 Å². The molecule has 0 amide bonds. The van der Waals surface area contributed by atoms with Gasteiger partial charge in [0, 0.05) is 39.0 Å². The molecular weight excluding hydrogens is 302 g/mol. The van der Waals surface area contributed by atoms with E-state index in [0.717, 1.165) is 44.6 Å². The second-order valence-corrected chi connectivity index (χ2v) is 8.04. The highest BCUT2D eigenvalue weighted by Gasteiger charge is 2.28. The molecule has 2 aliphatic heterocycles. The molecule has 0 saturated carbocycles. The molecule has 1 N–H and O–H groups in total. The molecule has 3 rings (SSSR count). The zero-order chi connectivity index (χ0) is 15.6. The molecule has 3 heterocycles. The van der Waals surface area contributed by atoms with Crippen molar-refractivity contribution in [3.8, 4) is 0 Å². The standard InChI is InChI=1S/C15H23N3O3S/c19-12-13-4-3-7-17(11-13)15-6-5-14(10-16-15)22(20,21)18-8-1-2-9-18/h5-6,10,13,19H,1-4,7-9,11-12H2. The normalized spacial score (nSPS) is 23.9. The number of aliphatic hydroxyl groups is 1. The van der Waals surface area contributed by atoms with Gasteiger partial charge in [-0.2, -0.15) is 4.31 Å². The molecule has 0 radical (unpaired) electrons. The molecule has 1 atom stereocenters. The van der Waals surface area contributed by atoms with Crippen LogP contribution < -0.4 is 4.90 Å². The van der Waals surface area contributed by atoms with Crippen LogP contribution in [0.25, 0.3) is 0 Å². The molecule has 1 unspecified atom stereocenters. The Hall–Kier alpha value is -1.18. The van der Waals surface area contributed by atoms with Crippen molar-refractivity contribution in [2.45, 2.75) is 30.6 Å². The van der Waals surface area contributed by atoms with Gasteiger partial charge in [-0.15, -0.1) is 0 Å². The van der Waals surface area contributed by atoms with E-state index in [2.05, 4.69) is 9.88 Å². The third-order valence-electron chi connectivity index (χ3n) is 4.52. The molecular formula is C15H23N3O3S. The van der Waals surface area contributed by atoms with Gasteiger partial charge in [0.25, 0.3) is 0 Å². The monoisotopic (exact) mass is 325 g/mol. The minimum absolute atomic E-state index is 0.192. The van der Waals surface area contributed by atoms with E-state index in [4.69, 9.17) is 0 Å². The lowest BCUT2D eigenvalue weighted by Crippen LogP contribution is -2.37. The number of pyridine rings is 1. The Kier molecular flexibility index (Phi) is 4.65. The zero-order valence-electron chi connectivity index (χ0n) is 12.7. The first-order valence-corrected chi connectivity index (χ1v) is 9.37. The SMILES string of the molecule is O=S(=O)(c1ccc(N2CCCC(CO)C2)nc1)N1CCCC1. The van der Waals surface area contributed by atoms with Crippen molar-refractivity contribution < 1.29 is 13.5 Å². The van der Waals surface area contributed by atoms with Crippen LogP contribution in [0.15, 0.2) is 23.2 Å². The summed E-state index contributed by atoms with van der Waals surface area (Å²) in [5.74, 6) is 1.07. The fourth-order valence-corrected chi connectivity index (χ4v) is 4.67. The van der Waals surface area contributed by atoms with E-state index < -0.39 is 10.0 Å². The molecule has 0 bridgehead atoms. The minimum atomic E-state index is -3.39. The van der Waals surface area contributed by atoms with Crippen LogP contribution in [-0.2, 0) is 10.0 Å². The molecule has 6 nitrogen and oxygen atoms in total. The Balaban J connectivity index is 1.75. The number of piperidine rings is 1. The Morgan fingerprint density at radius 3 is 2.59 bits per heavy atom.